The van der Waals surface area contributed by atoms with Gasteiger partial charge >= 0.3 is 0 Å². The maximum Gasteiger partial charge on any atom is 0.282 e. The van der Waals surface area contributed by atoms with Gasteiger partial charge in [0.05, 0.1) is 24.9 Å². The van der Waals surface area contributed by atoms with Crippen molar-refractivity contribution in [2.75, 3.05) is 14.2 Å². The normalized spacial score (nSPS) is 10.7. The monoisotopic (exact) mass is 349 g/mol. The summed E-state index contributed by atoms with van der Waals surface area (Å²) in [4.78, 5) is 34.8. The summed E-state index contributed by atoms with van der Waals surface area (Å²) in [5.74, 6) is -0.479. The Kier molecular flexibility index (Phi) is 5.18. The summed E-state index contributed by atoms with van der Waals surface area (Å²) in [7, 11) is 3.71. The summed E-state index contributed by atoms with van der Waals surface area (Å²) in [5, 5.41) is 1.54. The number of rotatable bonds is 5. The van der Waals surface area contributed by atoms with Crippen LogP contribution in [-0.2, 0) is 11.4 Å². The van der Waals surface area contributed by atoms with Crippen LogP contribution in [0, 0.1) is 0 Å². The molecule has 2 aromatic heterocycles. The molecular weight excluding hydrogens is 329 g/mol. The molecule has 3 aromatic rings. The second-order valence-corrected chi connectivity index (χ2v) is 5.98. The highest BCUT2D eigenvalue weighted by Crippen LogP contribution is 2.14. The van der Waals surface area contributed by atoms with Crippen LogP contribution in [0.4, 0.5) is 0 Å². The predicted molar refractivity (Wildman–Crippen MR) is 103 cm³/mol. The molecule has 2 heterocycles. The van der Waals surface area contributed by atoms with Crippen LogP contribution in [0.25, 0.3) is 10.9 Å². The number of pyridine rings is 2. The number of aromatic nitrogens is 2. The van der Waals surface area contributed by atoms with E-state index in [1.54, 1.807) is 18.3 Å². The molecule has 1 aromatic carbocycles. The molecule has 0 spiro atoms. The third kappa shape index (κ3) is 3.39. The quantitative estimate of drug-likeness (QED) is 0.513. The number of amides is 1. The minimum Gasteiger partial charge on any atom is -0.340 e. The Morgan fingerprint density at radius 3 is 2.73 bits per heavy atom. The lowest BCUT2D eigenvalue weighted by Crippen LogP contribution is -2.31. The van der Waals surface area contributed by atoms with Crippen molar-refractivity contribution in [1.82, 2.24) is 14.6 Å². The Labute approximate surface area is 152 Å². The molecule has 0 saturated carbocycles. The smallest absolute Gasteiger partial charge is 0.282 e. The molecular formula is C19H20BN3O3. The molecule has 7 heteroatoms. The number of carbonyl (C=O) groups excluding carboxylic acids is 1. The molecule has 0 N–H and O–H groups in total. The van der Waals surface area contributed by atoms with Gasteiger partial charge in [0.25, 0.3) is 5.91 Å². The summed E-state index contributed by atoms with van der Waals surface area (Å²) < 4.78 is 1.88. The third-order valence-corrected chi connectivity index (χ3v) is 4.34. The summed E-state index contributed by atoms with van der Waals surface area (Å²) in [6, 6.07) is 13.2. The van der Waals surface area contributed by atoms with E-state index in [1.165, 1.54) is 14.2 Å². The van der Waals surface area contributed by atoms with Crippen molar-refractivity contribution in [3.63, 3.8) is 0 Å². The molecule has 0 bridgehead atoms. The van der Waals surface area contributed by atoms with Crippen molar-refractivity contribution in [2.24, 2.45) is 0 Å². The van der Waals surface area contributed by atoms with Crippen LogP contribution in [0.1, 0.15) is 16.1 Å². The molecule has 3 rings (SSSR count). The van der Waals surface area contributed by atoms with Gasteiger partial charge in [-0.05, 0) is 23.8 Å². The van der Waals surface area contributed by atoms with Crippen LogP contribution >= 0.6 is 0 Å². The van der Waals surface area contributed by atoms with Crippen LogP contribution in [0.3, 0.4) is 0 Å². The van der Waals surface area contributed by atoms with Gasteiger partial charge in [0, 0.05) is 18.6 Å². The second-order valence-electron chi connectivity index (χ2n) is 5.98. The first kappa shape index (κ1) is 17.9. The summed E-state index contributed by atoms with van der Waals surface area (Å²) in [5.41, 5.74) is 2.40. The largest absolute Gasteiger partial charge is 0.340 e. The van der Waals surface area contributed by atoms with Gasteiger partial charge in [-0.3, -0.25) is 19.4 Å². The first-order valence-corrected chi connectivity index (χ1v) is 8.44. The lowest BCUT2D eigenvalue weighted by Gasteiger charge is -2.16. The summed E-state index contributed by atoms with van der Waals surface area (Å²) >= 11 is 0. The van der Waals surface area contributed by atoms with Crippen LogP contribution in [-0.4, -0.2) is 42.0 Å². The van der Waals surface area contributed by atoms with E-state index in [0.717, 1.165) is 29.1 Å². The SMILES string of the molecule is CBc1cccc(Cn2cc(C(=O)N(C)OC)c(=O)c3ccccc32)n1. The lowest BCUT2D eigenvalue weighted by molar-refractivity contribution is -0.0758. The van der Waals surface area contributed by atoms with Gasteiger partial charge < -0.3 is 4.57 Å². The van der Waals surface area contributed by atoms with Gasteiger partial charge in [-0.25, -0.2) is 5.06 Å². The molecule has 26 heavy (non-hydrogen) atoms. The lowest BCUT2D eigenvalue weighted by atomic mass is 9.77. The number of fused-ring (bicyclic) bond motifs is 1. The van der Waals surface area contributed by atoms with Crippen LogP contribution < -0.4 is 11.0 Å². The summed E-state index contributed by atoms with van der Waals surface area (Å²) in [6.45, 7) is 2.52. The highest BCUT2D eigenvalue weighted by molar-refractivity contribution is 6.50. The molecule has 0 atom stereocenters. The average molecular weight is 349 g/mol. The molecule has 0 aliphatic heterocycles. The van der Waals surface area contributed by atoms with Gasteiger partial charge in [-0.15, -0.1) is 0 Å². The van der Waals surface area contributed by atoms with E-state index >= 15 is 0 Å². The molecule has 0 fully saturated rings. The zero-order valence-electron chi connectivity index (χ0n) is 15.1. The number of nitrogens with zero attached hydrogens (tertiary/aromatic N) is 3. The van der Waals surface area contributed by atoms with Gasteiger partial charge in [0.15, 0.2) is 7.28 Å². The fraction of sp³-hybridized carbons (Fsp3) is 0.211. The fourth-order valence-corrected chi connectivity index (χ4v) is 2.87. The number of hydroxylamine groups is 2. The Bertz CT molecular complexity index is 1020. The Balaban J connectivity index is 2.16. The number of para-hydroxylation sites is 1. The van der Waals surface area contributed by atoms with Crippen molar-refractivity contribution >= 4 is 29.7 Å². The standard InChI is InChI=1S/C19H20BN3O3/c1-20-17-10-6-7-13(21-17)11-23-12-15(19(25)22(2)26-3)18(24)14-8-4-5-9-16(14)23/h4-10,12,20H,11H2,1-3H3. The third-order valence-electron chi connectivity index (χ3n) is 4.34. The zero-order chi connectivity index (χ0) is 18.7. The number of carbonyl (C=O) groups is 1. The van der Waals surface area contributed by atoms with E-state index in [4.69, 9.17) is 4.84 Å². The second kappa shape index (κ2) is 7.53. The van der Waals surface area contributed by atoms with Crippen molar-refractivity contribution in [3.05, 3.63) is 70.1 Å². The minimum atomic E-state index is -0.479. The predicted octanol–water partition coefficient (Wildman–Crippen LogP) is 1.19. The molecule has 0 saturated heterocycles. The van der Waals surface area contributed by atoms with Gasteiger partial charge in [0.2, 0.25) is 5.43 Å². The molecule has 6 nitrogen and oxygen atoms in total. The number of hydrogen-bond acceptors (Lipinski definition) is 4. The molecule has 0 radical (unpaired) electrons. The van der Waals surface area contributed by atoms with Crippen LogP contribution in [0.15, 0.2) is 53.5 Å². The Hall–Kier alpha value is -2.93. The van der Waals surface area contributed by atoms with Crippen LogP contribution in [0.5, 0.6) is 0 Å². The van der Waals surface area contributed by atoms with Crippen molar-refractivity contribution in [1.29, 1.82) is 0 Å². The highest BCUT2D eigenvalue weighted by atomic mass is 16.7. The van der Waals surface area contributed by atoms with Gasteiger partial charge in [-0.1, -0.05) is 31.1 Å². The van der Waals surface area contributed by atoms with E-state index in [-0.39, 0.29) is 11.0 Å². The van der Waals surface area contributed by atoms with Crippen molar-refractivity contribution < 1.29 is 9.63 Å². The summed E-state index contributed by atoms with van der Waals surface area (Å²) in [6.07, 6.45) is 1.59. The van der Waals surface area contributed by atoms with E-state index < -0.39 is 5.91 Å². The molecule has 132 valence electrons. The molecule has 0 aliphatic rings. The molecule has 0 unspecified atom stereocenters. The Morgan fingerprint density at radius 2 is 2.00 bits per heavy atom. The zero-order valence-corrected chi connectivity index (χ0v) is 15.1. The molecule has 0 aliphatic carbocycles. The first-order valence-electron chi connectivity index (χ1n) is 8.44. The number of hydrogen-bond donors (Lipinski definition) is 0. The maximum absolute atomic E-state index is 12.8. The van der Waals surface area contributed by atoms with E-state index in [0.29, 0.717) is 11.9 Å². The maximum atomic E-state index is 12.8. The van der Waals surface area contributed by atoms with Gasteiger partial charge in [-0.2, -0.15) is 0 Å². The fourth-order valence-electron chi connectivity index (χ4n) is 2.87. The molecule has 1 amide bonds. The van der Waals surface area contributed by atoms with E-state index in [9.17, 15) is 9.59 Å². The van der Waals surface area contributed by atoms with E-state index in [2.05, 4.69) is 11.8 Å². The average Bonchev–Trinajstić information content (AvgIpc) is 2.69. The first-order chi connectivity index (χ1) is 12.5. The Morgan fingerprint density at radius 1 is 1.23 bits per heavy atom. The van der Waals surface area contributed by atoms with Gasteiger partial charge in [0.1, 0.15) is 5.56 Å². The topological polar surface area (TPSA) is 64.4 Å². The van der Waals surface area contributed by atoms with Crippen LogP contribution in [0.2, 0.25) is 6.82 Å². The number of benzene rings is 1. The van der Waals surface area contributed by atoms with Crippen molar-refractivity contribution in [2.45, 2.75) is 13.4 Å². The minimum absolute atomic E-state index is 0.0692. The highest BCUT2D eigenvalue weighted by Gasteiger charge is 2.19. The van der Waals surface area contributed by atoms with E-state index in [1.807, 2.05) is 34.9 Å². The van der Waals surface area contributed by atoms with Crippen molar-refractivity contribution in [3.8, 4) is 0 Å².